The summed E-state index contributed by atoms with van der Waals surface area (Å²) in [5.41, 5.74) is 2.88. The second kappa shape index (κ2) is 11.2. The molecule has 5 heteroatoms. The van der Waals surface area contributed by atoms with Crippen molar-refractivity contribution in [2.45, 2.75) is 13.8 Å². The van der Waals surface area contributed by atoms with Crippen molar-refractivity contribution in [3.63, 3.8) is 0 Å². The van der Waals surface area contributed by atoms with Crippen LogP contribution in [0.2, 0.25) is 0 Å². The predicted molar refractivity (Wildman–Crippen MR) is 135 cm³/mol. The van der Waals surface area contributed by atoms with Crippen LogP contribution in [0.15, 0.2) is 97.1 Å². The number of carbonyl (C=O) groups is 1. The summed E-state index contributed by atoms with van der Waals surface area (Å²) < 4.78 is 12.1. The van der Waals surface area contributed by atoms with Crippen LogP contribution in [-0.4, -0.2) is 24.4 Å². The minimum absolute atomic E-state index is 0. The fourth-order valence-electron chi connectivity index (χ4n) is 3.35. The zero-order chi connectivity index (χ0) is 21.6. The molecule has 1 atom stereocenters. The van der Waals surface area contributed by atoms with E-state index in [9.17, 15) is 4.79 Å². The van der Waals surface area contributed by atoms with E-state index in [1.165, 1.54) is 0 Å². The van der Waals surface area contributed by atoms with E-state index in [-0.39, 0.29) is 33.0 Å². The van der Waals surface area contributed by atoms with Crippen LogP contribution >= 0.6 is 8.58 Å². The van der Waals surface area contributed by atoms with Crippen LogP contribution < -0.4 is 14.8 Å². The van der Waals surface area contributed by atoms with Crippen LogP contribution in [0.4, 0.5) is 0 Å². The van der Waals surface area contributed by atoms with Gasteiger partial charge in [0.2, 0.25) is 0 Å². The summed E-state index contributed by atoms with van der Waals surface area (Å²) in [6.45, 7) is 3.95. The Morgan fingerprint density at radius 2 is 1.22 bits per heavy atom. The van der Waals surface area contributed by atoms with E-state index in [1.54, 1.807) is 0 Å². The Hall–Kier alpha value is -2.82. The molecule has 1 unspecified atom stereocenters. The Labute approximate surface area is 202 Å². The summed E-state index contributed by atoms with van der Waals surface area (Å²) in [5, 5.41) is 0.844. The Balaban J connectivity index is 0.00000289. The molecule has 32 heavy (non-hydrogen) atoms. The van der Waals surface area contributed by atoms with Gasteiger partial charge in [0.1, 0.15) is 23.0 Å². The van der Waals surface area contributed by atoms with Crippen molar-refractivity contribution < 1.29 is 14.3 Å². The van der Waals surface area contributed by atoms with Gasteiger partial charge in [-0.05, 0) is 70.0 Å². The van der Waals surface area contributed by atoms with E-state index in [0.29, 0.717) is 17.2 Å². The van der Waals surface area contributed by atoms with E-state index in [2.05, 4.69) is 0 Å². The van der Waals surface area contributed by atoms with Crippen molar-refractivity contribution in [3.8, 4) is 23.0 Å². The zero-order valence-electron chi connectivity index (χ0n) is 17.5. The average molecular weight is 434 g/mol. The van der Waals surface area contributed by atoms with Gasteiger partial charge in [-0.1, -0.05) is 54.6 Å². The zero-order valence-corrected chi connectivity index (χ0v) is 18.5. The molecule has 0 heterocycles. The molecule has 0 aromatic heterocycles. The molecule has 4 aromatic carbocycles. The molecular weight excluding hydrogens is 410 g/mol. The van der Waals surface area contributed by atoms with Crippen molar-refractivity contribution in [3.05, 3.63) is 114 Å². The Kier molecular flexibility index (Phi) is 8.31. The van der Waals surface area contributed by atoms with Crippen molar-refractivity contribution in [1.82, 2.24) is 0 Å². The number of para-hydroxylation sites is 2. The van der Waals surface area contributed by atoms with Crippen LogP contribution in [0.3, 0.4) is 0 Å². The minimum atomic E-state index is -0.0562. The molecule has 0 bridgehead atoms. The molecule has 0 fully saturated rings. The van der Waals surface area contributed by atoms with E-state index in [4.69, 9.17) is 9.47 Å². The number of carbonyl (C=O) groups excluding carboxylic acids is 1. The second-order valence-corrected chi connectivity index (χ2v) is 8.45. The summed E-state index contributed by atoms with van der Waals surface area (Å²) in [6.07, 6.45) is 0. The molecule has 4 rings (SSSR count). The maximum absolute atomic E-state index is 13.2. The van der Waals surface area contributed by atoms with Crippen LogP contribution in [0.25, 0.3) is 0 Å². The second-order valence-electron chi connectivity index (χ2n) is 7.21. The van der Waals surface area contributed by atoms with Crippen molar-refractivity contribution in [1.29, 1.82) is 0 Å². The number of hydrogen-bond donors (Lipinski definition) is 0. The molecule has 3 nitrogen and oxygen atoms in total. The van der Waals surface area contributed by atoms with Crippen LogP contribution in [-0.2, 0) is 0 Å². The average Bonchev–Trinajstić information content (AvgIpc) is 2.77. The maximum atomic E-state index is 13.2. The van der Waals surface area contributed by atoms with Gasteiger partial charge in [0, 0.05) is 16.9 Å². The van der Waals surface area contributed by atoms with Crippen molar-refractivity contribution in [2.24, 2.45) is 0 Å². The topological polar surface area (TPSA) is 35.5 Å². The normalized spacial score (nSPS) is 10.6. The first-order valence-electron chi connectivity index (χ1n) is 10.1. The molecule has 0 N–H and O–H groups in total. The molecule has 0 aliphatic heterocycles. The predicted octanol–water partition coefficient (Wildman–Crippen LogP) is 6.38. The number of aryl methyl sites for hydroxylation is 2. The standard InChI is InChI=1S/C27H23O3P.Li.H/c1-19-10-9-11-20(2)26(19)27(28)31-25-17-16-23(29-21-12-5-3-6-13-21)18-24(25)30-22-14-7-4-8-15-22;;/h3-18,31H,1-2H3;;. The van der Waals surface area contributed by atoms with Gasteiger partial charge in [0.15, 0.2) is 5.52 Å². The van der Waals surface area contributed by atoms with Gasteiger partial charge in [-0.3, -0.25) is 4.79 Å². The molecule has 0 aliphatic carbocycles. The third-order valence-corrected chi connectivity index (χ3v) is 6.02. The summed E-state index contributed by atoms with van der Waals surface area (Å²) in [5.74, 6) is 2.74. The van der Waals surface area contributed by atoms with E-state index >= 15 is 0 Å². The Morgan fingerprint density at radius 1 is 0.656 bits per heavy atom. The summed E-state index contributed by atoms with van der Waals surface area (Å²) in [4.78, 5) is 13.2. The fourth-order valence-corrected chi connectivity index (χ4v) is 4.53. The Morgan fingerprint density at radius 3 is 1.81 bits per heavy atom. The molecule has 0 amide bonds. The molecular formula is C27H24LiO3P. The third kappa shape index (κ3) is 5.90. The molecule has 0 spiro atoms. The monoisotopic (exact) mass is 434 g/mol. The number of ether oxygens (including phenoxy) is 2. The van der Waals surface area contributed by atoms with Crippen molar-refractivity contribution in [2.75, 3.05) is 0 Å². The van der Waals surface area contributed by atoms with Gasteiger partial charge < -0.3 is 9.47 Å². The van der Waals surface area contributed by atoms with Gasteiger partial charge >= 0.3 is 18.9 Å². The van der Waals surface area contributed by atoms with Gasteiger partial charge in [0.25, 0.3) is 0 Å². The molecule has 0 saturated heterocycles. The van der Waals surface area contributed by atoms with E-state index in [1.807, 2.05) is 111 Å². The summed E-state index contributed by atoms with van der Waals surface area (Å²) in [6, 6.07) is 30.7. The third-order valence-electron chi connectivity index (χ3n) is 4.86. The van der Waals surface area contributed by atoms with Gasteiger partial charge in [-0.2, -0.15) is 0 Å². The first-order chi connectivity index (χ1) is 15.1. The van der Waals surface area contributed by atoms with E-state index in [0.717, 1.165) is 27.7 Å². The van der Waals surface area contributed by atoms with Gasteiger partial charge in [0.05, 0.1) is 0 Å². The number of rotatable bonds is 7. The van der Waals surface area contributed by atoms with Gasteiger partial charge in [-0.25, -0.2) is 0 Å². The van der Waals surface area contributed by atoms with Crippen LogP contribution in [0, 0.1) is 13.8 Å². The fraction of sp³-hybridized carbons (Fsp3) is 0.0741. The summed E-state index contributed by atoms with van der Waals surface area (Å²) in [7, 11) is -0.0562. The molecule has 0 radical (unpaired) electrons. The number of benzene rings is 4. The SMILES string of the molecule is Cc1cccc(C)c1C(=O)Pc1ccc(Oc2ccccc2)cc1Oc1ccccc1.[LiH]. The first kappa shape index (κ1) is 23.8. The van der Waals surface area contributed by atoms with Crippen molar-refractivity contribution >= 4 is 38.3 Å². The first-order valence-corrected chi connectivity index (χ1v) is 11.1. The molecule has 0 aliphatic rings. The van der Waals surface area contributed by atoms with Gasteiger partial charge in [-0.15, -0.1) is 0 Å². The Bertz CT molecular complexity index is 1170. The van der Waals surface area contributed by atoms with Crippen LogP contribution in [0.1, 0.15) is 21.5 Å². The number of hydrogen-bond acceptors (Lipinski definition) is 3. The van der Waals surface area contributed by atoms with E-state index < -0.39 is 0 Å². The summed E-state index contributed by atoms with van der Waals surface area (Å²) >= 11 is 0. The molecule has 156 valence electrons. The van der Waals surface area contributed by atoms with Crippen LogP contribution in [0.5, 0.6) is 23.0 Å². The molecule has 4 aromatic rings. The molecule has 0 saturated carbocycles. The quantitative estimate of drug-likeness (QED) is 0.250.